The maximum atomic E-state index is 12.1. The van der Waals surface area contributed by atoms with Gasteiger partial charge in [-0.25, -0.2) is 0 Å². The Hall–Kier alpha value is -1.39. The quantitative estimate of drug-likeness (QED) is 0.372. The van der Waals surface area contributed by atoms with Crippen LogP contribution in [0.5, 0.6) is 0 Å². The van der Waals surface area contributed by atoms with Crippen molar-refractivity contribution in [3.63, 3.8) is 0 Å². The van der Waals surface area contributed by atoms with Crippen LogP contribution in [0, 0.1) is 5.92 Å². The predicted octanol–water partition coefficient (Wildman–Crippen LogP) is 4.00. The molecule has 0 saturated heterocycles. The topological polar surface area (TPSA) is 59.0 Å². The van der Waals surface area contributed by atoms with E-state index in [9.17, 15) is 9.59 Å². The molecule has 1 rings (SSSR count). The van der Waals surface area contributed by atoms with Crippen LogP contribution in [-0.2, 0) is 14.3 Å². The highest BCUT2D eigenvalue weighted by molar-refractivity contribution is 5.93. The van der Waals surface area contributed by atoms with Crippen LogP contribution in [0.15, 0.2) is 4.99 Å². The number of hydrogen-bond donors (Lipinski definition) is 0. The van der Waals surface area contributed by atoms with Gasteiger partial charge in [-0.3, -0.25) is 14.6 Å². The van der Waals surface area contributed by atoms with E-state index in [4.69, 9.17) is 4.74 Å². The van der Waals surface area contributed by atoms with Gasteiger partial charge in [0.05, 0.1) is 19.0 Å². The molecule has 0 N–H and O–H groups in total. The third kappa shape index (κ3) is 10.3. The van der Waals surface area contributed by atoms with E-state index in [1.165, 1.54) is 44.9 Å². The summed E-state index contributed by atoms with van der Waals surface area (Å²) in [6.45, 7) is 6.07. The molecule has 25 heavy (non-hydrogen) atoms. The summed E-state index contributed by atoms with van der Waals surface area (Å²) in [5.41, 5.74) is 0. The van der Waals surface area contributed by atoms with Crippen molar-refractivity contribution in [3.05, 3.63) is 0 Å². The van der Waals surface area contributed by atoms with Crippen molar-refractivity contribution < 1.29 is 14.3 Å². The number of rotatable bonds is 13. The zero-order chi connectivity index (χ0) is 18.3. The van der Waals surface area contributed by atoms with Crippen molar-refractivity contribution >= 4 is 18.1 Å². The predicted molar refractivity (Wildman–Crippen MR) is 102 cm³/mol. The molecule has 0 aromatic carbocycles. The Balaban J connectivity index is 1.97. The van der Waals surface area contributed by atoms with E-state index >= 15 is 0 Å². The van der Waals surface area contributed by atoms with Crippen molar-refractivity contribution in [2.75, 3.05) is 26.2 Å². The Bertz CT molecular complexity index is 410. The van der Waals surface area contributed by atoms with Gasteiger partial charge < -0.3 is 9.64 Å². The van der Waals surface area contributed by atoms with Crippen molar-refractivity contribution in [2.45, 2.75) is 78.1 Å². The summed E-state index contributed by atoms with van der Waals surface area (Å²) in [7, 11) is 0. The first-order valence-corrected chi connectivity index (χ1v) is 10.1. The largest absolute Gasteiger partial charge is 0.464 e. The van der Waals surface area contributed by atoms with Crippen LogP contribution in [-0.4, -0.2) is 49.2 Å². The molecule has 0 bridgehead atoms. The van der Waals surface area contributed by atoms with Gasteiger partial charge >= 0.3 is 5.97 Å². The summed E-state index contributed by atoms with van der Waals surface area (Å²) in [5.74, 6) is -0.258. The zero-order valence-corrected chi connectivity index (χ0v) is 16.2. The third-order valence-electron chi connectivity index (χ3n) is 4.64. The van der Waals surface area contributed by atoms with Crippen LogP contribution in [0.3, 0.4) is 0 Å². The fourth-order valence-electron chi connectivity index (χ4n) is 3.02. The molecule has 1 aliphatic heterocycles. The number of esters is 1. The summed E-state index contributed by atoms with van der Waals surface area (Å²) in [5, 5.41) is 0. The van der Waals surface area contributed by atoms with Gasteiger partial charge in [0.1, 0.15) is 6.61 Å². The Kier molecular flexibility index (Phi) is 12.0. The van der Waals surface area contributed by atoms with Gasteiger partial charge in [-0.2, -0.15) is 0 Å². The van der Waals surface area contributed by atoms with E-state index in [2.05, 4.69) is 11.9 Å². The lowest BCUT2D eigenvalue weighted by Crippen LogP contribution is -2.38. The standard InChI is InChI=1S/C20H36N2O3/c1-3-4-5-6-7-8-9-10-11-12-19(23)25-16-15-22-14-13-21-17-18(2)20(22)24/h17-18H,3-16H2,1-2H3. The highest BCUT2D eigenvalue weighted by Crippen LogP contribution is 2.11. The van der Waals surface area contributed by atoms with Gasteiger partial charge in [-0.05, 0) is 13.3 Å². The first-order valence-electron chi connectivity index (χ1n) is 10.1. The van der Waals surface area contributed by atoms with Gasteiger partial charge in [0.2, 0.25) is 5.91 Å². The lowest BCUT2D eigenvalue weighted by atomic mass is 10.1. The maximum absolute atomic E-state index is 12.1. The lowest BCUT2D eigenvalue weighted by molar-refractivity contribution is -0.146. The van der Waals surface area contributed by atoms with Crippen LogP contribution in [0.25, 0.3) is 0 Å². The molecule has 1 atom stereocenters. The summed E-state index contributed by atoms with van der Waals surface area (Å²) < 4.78 is 5.27. The molecule has 1 unspecified atom stereocenters. The Labute approximate surface area is 153 Å². The molecule has 0 fully saturated rings. The van der Waals surface area contributed by atoms with Crippen molar-refractivity contribution in [1.29, 1.82) is 0 Å². The number of hydrogen-bond acceptors (Lipinski definition) is 4. The van der Waals surface area contributed by atoms with Crippen LogP contribution < -0.4 is 0 Å². The minimum Gasteiger partial charge on any atom is -0.464 e. The van der Waals surface area contributed by atoms with Crippen LogP contribution in [0.4, 0.5) is 0 Å². The van der Waals surface area contributed by atoms with Crippen molar-refractivity contribution in [3.8, 4) is 0 Å². The second-order valence-electron chi connectivity index (χ2n) is 6.97. The summed E-state index contributed by atoms with van der Waals surface area (Å²) >= 11 is 0. The minimum atomic E-state index is -0.180. The van der Waals surface area contributed by atoms with Gasteiger partial charge in [0.15, 0.2) is 0 Å². The van der Waals surface area contributed by atoms with E-state index in [-0.39, 0.29) is 24.4 Å². The molecule has 0 aliphatic carbocycles. The number of aliphatic imine (C=N–C) groups is 1. The Morgan fingerprint density at radius 3 is 2.48 bits per heavy atom. The smallest absolute Gasteiger partial charge is 0.305 e. The summed E-state index contributed by atoms with van der Waals surface area (Å²) in [4.78, 5) is 29.8. The van der Waals surface area contributed by atoms with E-state index in [0.717, 1.165) is 12.8 Å². The fourth-order valence-corrected chi connectivity index (χ4v) is 3.02. The van der Waals surface area contributed by atoms with Crippen LogP contribution >= 0.6 is 0 Å². The van der Waals surface area contributed by atoms with E-state index < -0.39 is 0 Å². The molecule has 144 valence electrons. The molecule has 1 amide bonds. The zero-order valence-electron chi connectivity index (χ0n) is 16.2. The number of ether oxygens (including phenoxy) is 1. The van der Waals surface area contributed by atoms with Gasteiger partial charge in [-0.15, -0.1) is 0 Å². The molecule has 5 heteroatoms. The molecule has 1 heterocycles. The molecule has 0 saturated carbocycles. The first kappa shape index (κ1) is 21.7. The normalized spacial score (nSPS) is 17.6. The van der Waals surface area contributed by atoms with Crippen LogP contribution in [0.2, 0.25) is 0 Å². The monoisotopic (exact) mass is 352 g/mol. The van der Waals surface area contributed by atoms with Crippen molar-refractivity contribution in [1.82, 2.24) is 4.90 Å². The van der Waals surface area contributed by atoms with Crippen molar-refractivity contribution in [2.24, 2.45) is 10.9 Å². The average molecular weight is 353 g/mol. The SMILES string of the molecule is CCCCCCCCCCCC(=O)OCCN1CCN=CC(C)C1=O. The van der Waals surface area contributed by atoms with Gasteiger partial charge in [0, 0.05) is 19.2 Å². The number of amides is 1. The lowest BCUT2D eigenvalue weighted by Gasteiger charge is -2.21. The number of carbonyl (C=O) groups excluding carboxylic acids is 2. The molecule has 0 spiro atoms. The average Bonchev–Trinajstić information content (AvgIpc) is 2.76. The highest BCUT2D eigenvalue weighted by Gasteiger charge is 2.21. The second kappa shape index (κ2) is 13.9. The Morgan fingerprint density at radius 2 is 1.80 bits per heavy atom. The fraction of sp³-hybridized carbons (Fsp3) is 0.850. The number of unbranched alkanes of at least 4 members (excludes halogenated alkanes) is 8. The van der Waals surface area contributed by atoms with E-state index in [1.807, 2.05) is 6.92 Å². The van der Waals surface area contributed by atoms with Crippen LogP contribution in [0.1, 0.15) is 78.1 Å². The molecule has 1 aliphatic rings. The highest BCUT2D eigenvalue weighted by atomic mass is 16.5. The van der Waals surface area contributed by atoms with E-state index in [0.29, 0.717) is 26.1 Å². The summed E-state index contributed by atoms with van der Waals surface area (Å²) in [6, 6.07) is 0. The maximum Gasteiger partial charge on any atom is 0.305 e. The molecule has 0 aromatic rings. The van der Waals surface area contributed by atoms with Gasteiger partial charge in [0.25, 0.3) is 0 Å². The minimum absolute atomic E-state index is 0.0660. The molecule has 0 aromatic heterocycles. The molecule has 5 nitrogen and oxygen atoms in total. The number of nitrogens with zero attached hydrogens (tertiary/aromatic N) is 2. The third-order valence-corrected chi connectivity index (χ3v) is 4.64. The summed E-state index contributed by atoms with van der Waals surface area (Å²) in [6.07, 6.45) is 13.3. The first-order chi connectivity index (χ1) is 12.1. The van der Waals surface area contributed by atoms with Gasteiger partial charge in [-0.1, -0.05) is 58.3 Å². The molecular formula is C20H36N2O3. The molecule has 0 radical (unpaired) electrons. The Morgan fingerprint density at radius 1 is 1.16 bits per heavy atom. The van der Waals surface area contributed by atoms with E-state index in [1.54, 1.807) is 11.1 Å². The molecular weight excluding hydrogens is 316 g/mol. The number of carbonyl (C=O) groups is 2. The second-order valence-corrected chi connectivity index (χ2v) is 6.97.